The van der Waals surface area contributed by atoms with Gasteiger partial charge in [0.25, 0.3) is 10.2 Å². The third kappa shape index (κ3) is 2.65. The van der Waals surface area contributed by atoms with Crippen molar-refractivity contribution < 1.29 is 23.4 Å². The van der Waals surface area contributed by atoms with Gasteiger partial charge in [0.05, 0.1) is 6.10 Å². The minimum atomic E-state index is -3.79. The van der Waals surface area contributed by atoms with E-state index in [4.69, 9.17) is 5.11 Å². The Bertz CT molecular complexity index is 341. The molecule has 0 aromatic carbocycles. The lowest BCUT2D eigenvalue weighted by Gasteiger charge is -2.20. The van der Waals surface area contributed by atoms with Gasteiger partial charge in [0.1, 0.15) is 6.04 Å². The number of hydrogen-bond donors (Lipinski definition) is 3. The number of β-amino-alcohol motifs (C(OH)–C–C–N with tert-alkyl or cyclic N) is 1. The standard InChI is InChI=1S/C7H14N2O5S/c1-2-8-15(13,14)9-4-5(10)3-6(9)7(11)12/h5-6,8,10H,2-4H2,1H3,(H,11,12)/t5-,6+/m1/s1. The Balaban J connectivity index is 2.88. The molecule has 0 amide bonds. The first-order valence-corrected chi connectivity index (χ1v) is 5.99. The third-order valence-corrected chi connectivity index (χ3v) is 3.83. The van der Waals surface area contributed by atoms with Gasteiger partial charge < -0.3 is 10.2 Å². The Labute approximate surface area is 87.9 Å². The number of carboxylic acid groups (broad SMARTS) is 1. The number of rotatable bonds is 4. The van der Waals surface area contributed by atoms with Gasteiger partial charge in [-0.05, 0) is 0 Å². The quantitative estimate of drug-likeness (QED) is 0.544. The normalized spacial score (nSPS) is 28.1. The highest BCUT2D eigenvalue weighted by Crippen LogP contribution is 2.20. The minimum Gasteiger partial charge on any atom is -0.480 e. The lowest BCUT2D eigenvalue weighted by atomic mass is 10.2. The molecular formula is C7H14N2O5S. The van der Waals surface area contributed by atoms with Crippen molar-refractivity contribution in [3.8, 4) is 0 Å². The summed E-state index contributed by atoms with van der Waals surface area (Å²) in [5.41, 5.74) is 0. The van der Waals surface area contributed by atoms with Crippen LogP contribution in [0.1, 0.15) is 13.3 Å². The lowest BCUT2D eigenvalue weighted by Crippen LogP contribution is -2.46. The van der Waals surface area contributed by atoms with Crippen molar-refractivity contribution in [2.75, 3.05) is 13.1 Å². The smallest absolute Gasteiger partial charge is 0.322 e. The summed E-state index contributed by atoms with van der Waals surface area (Å²) < 4.78 is 26.0. The number of carbonyl (C=O) groups is 1. The van der Waals surface area contributed by atoms with E-state index in [0.717, 1.165) is 4.31 Å². The van der Waals surface area contributed by atoms with Crippen LogP contribution in [0.4, 0.5) is 0 Å². The molecule has 0 unspecified atom stereocenters. The maximum atomic E-state index is 11.5. The van der Waals surface area contributed by atoms with Gasteiger partial charge in [-0.2, -0.15) is 12.7 Å². The molecular weight excluding hydrogens is 224 g/mol. The average Bonchev–Trinajstić information content (AvgIpc) is 2.47. The number of hydrogen-bond acceptors (Lipinski definition) is 4. The average molecular weight is 238 g/mol. The molecule has 15 heavy (non-hydrogen) atoms. The number of aliphatic carboxylic acids is 1. The number of carboxylic acids is 1. The van der Waals surface area contributed by atoms with Crippen molar-refractivity contribution in [2.24, 2.45) is 0 Å². The summed E-state index contributed by atoms with van der Waals surface area (Å²) in [6.45, 7) is 1.60. The molecule has 1 fully saturated rings. The summed E-state index contributed by atoms with van der Waals surface area (Å²) in [6.07, 6.45) is -0.987. The molecule has 88 valence electrons. The zero-order valence-corrected chi connectivity index (χ0v) is 9.07. The summed E-state index contributed by atoms with van der Waals surface area (Å²) in [5, 5.41) is 18.0. The summed E-state index contributed by atoms with van der Waals surface area (Å²) in [4.78, 5) is 10.8. The van der Waals surface area contributed by atoms with E-state index in [0.29, 0.717) is 0 Å². The van der Waals surface area contributed by atoms with E-state index in [1.54, 1.807) is 6.92 Å². The van der Waals surface area contributed by atoms with Crippen LogP contribution in [0.2, 0.25) is 0 Å². The predicted molar refractivity (Wildman–Crippen MR) is 51.4 cm³/mol. The van der Waals surface area contributed by atoms with Crippen LogP contribution >= 0.6 is 0 Å². The molecule has 0 aromatic rings. The fraction of sp³-hybridized carbons (Fsp3) is 0.857. The van der Waals surface area contributed by atoms with Crippen LogP contribution in [-0.4, -0.2) is 54.1 Å². The molecule has 0 aromatic heterocycles. The number of aliphatic hydroxyl groups is 1. The van der Waals surface area contributed by atoms with Gasteiger partial charge in [-0.15, -0.1) is 0 Å². The molecule has 1 rings (SSSR count). The second kappa shape index (κ2) is 4.44. The van der Waals surface area contributed by atoms with Gasteiger partial charge in [-0.3, -0.25) is 4.79 Å². The van der Waals surface area contributed by atoms with Crippen LogP contribution in [0.3, 0.4) is 0 Å². The van der Waals surface area contributed by atoms with Gasteiger partial charge in [0.2, 0.25) is 0 Å². The SMILES string of the molecule is CCNS(=O)(=O)N1C[C@H](O)C[C@H]1C(=O)O. The van der Waals surface area contributed by atoms with Crippen LogP contribution in [0.25, 0.3) is 0 Å². The zero-order valence-electron chi connectivity index (χ0n) is 8.25. The summed E-state index contributed by atoms with van der Waals surface area (Å²) in [7, 11) is -3.79. The highest BCUT2D eigenvalue weighted by molar-refractivity contribution is 7.87. The first-order chi connectivity index (χ1) is 6.88. The van der Waals surface area contributed by atoms with Gasteiger partial charge in [-0.1, -0.05) is 6.92 Å². The molecule has 0 saturated carbocycles. The monoisotopic (exact) mass is 238 g/mol. The lowest BCUT2D eigenvalue weighted by molar-refractivity contribution is -0.140. The van der Waals surface area contributed by atoms with Gasteiger partial charge in [0.15, 0.2) is 0 Å². The Morgan fingerprint density at radius 3 is 2.67 bits per heavy atom. The fourth-order valence-corrected chi connectivity index (χ4v) is 2.95. The molecule has 0 aliphatic carbocycles. The minimum absolute atomic E-state index is 0.0695. The predicted octanol–water partition coefficient (Wildman–Crippen LogP) is -1.64. The Morgan fingerprint density at radius 1 is 1.60 bits per heavy atom. The molecule has 0 bridgehead atoms. The highest BCUT2D eigenvalue weighted by atomic mass is 32.2. The molecule has 1 aliphatic rings. The molecule has 1 saturated heterocycles. The highest BCUT2D eigenvalue weighted by Gasteiger charge is 2.42. The Kier molecular flexibility index (Phi) is 3.66. The van der Waals surface area contributed by atoms with Crippen LogP contribution in [0, 0.1) is 0 Å². The van der Waals surface area contributed by atoms with E-state index in [2.05, 4.69) is 4.72 Å². The molecule has 8 heteroatoms. The maximum Gasteiger partial charge on any atom is 0.322 e. The molecule has 0 spiro atoms. The van der Waals surface area contributed by atoms with Crippen LogP contribution < -0.4 is 4.72 Å². The number of nitrogens with zero attached hydrogens (tertiary/aromatic N) is 1. The van der Waals surface area contributed by atoms with Crippen molar-refractivity contribution in [3.05, 3.63) is 0 Å². The first kappa shape index (κ1) is 12.4. The molecule has 0 radical (unpaired) electrons. The first-order valence-electron chi connectivity index (χ1n) is 4.55. The summed E-state index contributed by atoms with van der Waals surface area (Å²) in [5.74, 6) is -1.24. The van der Waals surface area contributed by atoms with Crippen molar-refractivity contribution in [1.82, 2.24) is 9.03 Å². The van der Waals surface area contributed by atoms with Crippen LogP contribution in [0.5, 0.6) is 0 Å². The van der Waals surface area contributed by atoms with Crippen LogP contribution in [-0.2, 0) is 15.0 Å². The van der Waals surface area contributed by atoms with E-state index >= 15 is 0 Å². The van der Waals surface area contributed by atoms with Crippen molar-refractivity contribution in [1.29, 1.82) is 0 Å². The van der Waals surface area contributed by atoms with Gasteiger partial charge >= 0.3 is 5.97 Å². The number of aliphatic hydroxyl groups excluding tert-OH is 1. The molecule has 2 atom stereocenters. The van der Waals surface area contributed by atoms with Gasteiger partial charge in [-0.25, -0.2) is 4.72 Å². The van der Waals surface area contributed by atoms with Gasteiger partial charge in [0, 0.05) is 19.5 Å². The van der Waals surface area contributed by atoms with Crippen LogP contribution in [0.15, 0.2) is 0 Å². The molecule has 1 heterocycles. The largest absolute Gasteiger partial charge is 0.480 e. The molecule has 7 nitrogen and oxygen atoms in total. The topological polar surface area (TPSA) is 107 Å². The Hall–Kier alpha value is -0.700. The van der Waals surface area contributed by atoms with E-state index in [1.165, 1.54) is 0 Å². The van der Waals surface area contributed by atoms with Crippen molar-refractivity contribution in [2.45, 2.75) is 25.5 Å². The third-order valence-electron chi connectivity index (χ3n) is 2.15. The fourth-order valence-electron chi connectivity index (χ4n) is 1.54. The second-order valence-corrected chi connectivity index (χ2v) is 5.02. The maximum absolute atomic E-state index is 11.5. The second-order valence-electron chi connectivity index (χ2n) is 3.32. The van der Waals surface area contributed by atoms with Crippen molar-refractivity contribution >= 4 is 16.2 Å². The molecule has 3 N–H and O–H groups in total. The van der Waals surface area contributed by atoms with E-state index in [9.17, 15) is 18.3 Å². The zero-order chi connectivity index (χ0) is 11.6. The van der Waals surface area contributed by atoms with Crippen molar-refractivity contribution in [3.63, 3.8) is 0 Å². The van der Waals surface area contributed by atoms with E-state index < -0.39 is 28.3 Å². The van der Waals surface area contributed by atoms with E-state index in [1.807, 2.05) is 0 Å². The Morgan fingerprint density at radius 2 is 2.20 bits per heavy atom. The molecule has 1 aliphatic heterocycles. The summed E-state index contributed by atoms with van der Waals surface area (Å²) in [6, 6.07) is -1.18. The van der Waals surface area contributed by atoms with E-state index in [-0.39, 0.29) is 19.5 Å². The number of nitrogens with one attached hydrogen (secondary N) is 1. The summed E-state index contributed by atoms with van der Waals surface area (Å²) >= 11 is 0.